The lowest BCUT2D eigenvalue weighted by molar-refractivity contribution is 0.0953. The Morgan fingerprint density at radius 2 is 1.78 bits per heavy atom. The first-order valence-corrected chi connectivity index (χ1v) is 8.80. The van der Waals surface area contributed by atoms with Crippen LogP contribution in [0.2, 0.25) is 0 Å². The molecule has 0 radical (unpaired) electrons. The minimum Gasteiger partial charge on any atom is -0.352 e. The van der Waals surface area contributed by atoms with Crippen LogP contribution in [0.4, 0.5) is 11.5 Å². The van der Waals surface area contributed by atoms with Gasteiger partial charge in [-0.05, 0) is 54.8 Å². The number of nitrogens with zero attached hydrogens (tertiary/aromatic N) is 2. The molecule has 2 aromatic carbocycles. The molecule has 0 aliphatic heterocycles. The molecule has 1 aromatic heterocycles. The lowest BCUT2D eigenvalue weighted by atomic mass is 10.1. The molecular weight excluding hydrogens is 336 g/mol. The minimum absolute atomic E-state index is 0.125. The molecule has 0 aliphatic carbocycles. The number of amides is 1. The first kappa shape index (κ1) is 18.2. The molecule has 0 saturated carbocycles. The second-order valence-corrected chi connectivity index (χ2v) is 6.09. The van der Waals surface area contributed by atoms with E-state index in [0.29, 0.717) is 23.5 Å². The summed E-state index contributed by atoms with van der Waals surface area (Å²) in [4.78, 5) is 16.5. The van der Waals surface area contributed by atoms with Crippen molar-refractivity contribution in [3.8, 4) is 6.07 Å². The maximum atomic E-state index is 12.2. The Kier molecular flexibility index (Phi) is 6.16. The highest BCUT2D eigenvalue weighted by Gasteiger charge is 2.06. The second kappa shape index (κ2) is 9.16. The summed E-state index contributed by atoms with van der Waals surface area (Å²) in [6, 6.07) is 22.9. The molecule has 1 amide bonds. The van der Waals surface area contributed by atoms with Crippen molar-refractivity contribution in [1.82, 2.24) is 10.3 Å². The topological polar surface area (TPSA) is 77.8 Å². The van der Waals surface area contributed by atoms with Gasteiger partial charge < -0.3 is 10.6 Å². The van der Waals surface area contributed by atoms with Crippen molar-refractivity contribution in [3.05, 3.63) is 89.6 Å². The number of aromatic nitrogens is 1. The largest absolute Gasteiger partial charge is 0.352 e. The van der Waals surface area contributed by atoms with Gasteiger partial charge in [-0.1, -0.05) is 30.3 Å². The molecule has 0 spiro atoms. The number of nitrogens with one attached hydrogen (secondary N) is 2. The maximum Gasteiger partial charge on any atom is 0.252 e. The monoisotopic (exact) mass is 356 g/mol. The SMILES string of the molecule is N#Cc1ccc(Nc2ccc(C(=O)NCCCc3ccccc3)cn2)cc1. The summed E-state index contributed by atoms with van der Waals surface area (Å²) in [5, 5.41) is 14.9. The Balaban J connectivity index is 1.47. The molecule has 27 heavy (non-hydrogen) atoms. The van der Waals surface area contributed by atoms with Gasteiger partial charge in [0.05, 0.1) is 17.2 Å². The van der Waals surface area contributed by atoms with Gasteiger partial charge in [-0.3, -0.25) is 4.79 Å². The van der Waals surface area contributed by atoms with Crippen LogP contribution < -0.4 is 10.6 Å². The van der Waals surface area contributed by atoms with Crippen molar-refractivity contribution < 1.29 is 4.79 Å². The third kappa shape index (κ3) is 5.41. The predicted molar refractivity (Wildman–Crippen MR) is 106 cm³/mol. The Labute approximate surface area is 158 Å². The van der Waals surface area contributed by atoms with E-state index in [-0.39, 0.29) is 5.91 Å². The highest BCUT2D eigenvalue weighted by Crippen LogP contribution is 2.15. The Hall–Kier alpha value is -3.65. The number of aryl methyl sites for hydroxylation is 1. The van der Waals surface area contributed by atoms with Crippen LogP contribution in [0.25, 0.3) is 0 Å². The van der Waals surface area contributed by atoms with Crippen molar-refractivity contribution in [1.29, 1.82) is 5.26 Å². The lowest BCUT2D eigenvalue weighted by Crippen LogP contribution is -2.24. The quantitative estimate of drug-likeness (QED) is 0.626. The number of hydrogen-bond donors (Lipinski definition) is 2. The third-order valence-electron chi connectivity index (χ3n) is 4.08. The Bertz CT molecular complexity index is 913. The van der Waals surface area contributed by atoms with Gasteiger partial charge in [0.25, 0.3) is 5.91 Å². The third-order valence-corrected chi connectivity index (χ3v) is 4.08. The second-order valence-electron chi connectivity index (χ2n) is 6.09. The fourth-order valence-corrected chi connectivity index (χ4v) is 2.62. The van der Waals surface area contributed by atoms with Crippen molar-refractivity contribution in [2.75, 3.05) is 11.9 Å². The van der Waals surface area contributed by atoms with Gasteiger partial charge >= 0.3 is 0 Å². The molecule has 5 heteroatoms. The van der Waals surface area contributed by atoms with Crippen molar-refractivity contribution in [2.45, 2.75) is 12.8 Å². The molecule has 0 unspecified atom stereocenters. The summed E-state index contributed by atoms with van der Waals surface area (Å²) in [5.74, 6) is 0.515. The highest BCUT2D eigenvalue weighted by molar-refractivity contribution is 5.94. The van der Waals surface area contributed by atoms with E-state index < -0.39 is 0 Å². The minimum atomic E-state index is -0.125. The van der Waals surface area contributed by atoms with Crippen LogP contribution in [0.15, 0.2) is 72.9 Å². The molecule has 3 aromatic rings. The van der Waals surface area contributed by atoms with E-state index >= 15 is 0 Å². The average Bonchev–Trinajstić information content (AvgIpc) is 2.73. The zero-order valence-corrected chi connectivity index (χ0v) is 14.9. The van der Waals surface area contributed by atoms with E-state index in [2.05, 4.69) is 33.8 Å². The molecule has 0 saturated heterocycles. The molecule has 3 rings (SSSR count). The molecule has 0 aliphatic rings. The van der Waals surface area contributed by atoms with Gasteiger partial charge in [-0.15, -0.1) is 0 Å². The molecular formula is C22H20N4O. The summed E-state index contributed by atoms with van der Waals surface area (Å²) in [6.45, 7) is 0.624. The number of pyridine rings is 1. The number of rotatable bonds is 7. The fourth-order valence-electron chi connectivity index (χ4n) is 2.62. The lowest BCUT2D eigenvalue weighted by Gasteiger charge is -2.08. The molecule has 1 heterocycles. The first-order valence-electron chi connectivity index (χ1n) is 8.80. The number of carbonyl (C=O) groups is 1. The van der Waals surface area contributed by atoms with Crippen LogP contribution in [0.3, 0.4) is 0 Å². The zero-order valence-electron chi connectivity index (χ0n) is 14.9. The van der Waals surface area contributed by atoms with Crippen LogP contribution in [-0.2, 0) is 6.42 Å². The molecule has 0 atom stereocenters. The van der Waals surface area contributed by atoms with Crippen LogP contribution in [-0.4, -0.2) is 17.4 Å². The predicted octanol–water partition coefficient (Wildman–Crippen LogP) is 4.06. The van der Waals surface area contributed by atoms with Gasteiger partial charge in [0, 0.05) is 18.4 Å². The summed E-state index contributed by atoms with van der Waals surface area (Å²) in [5.41, 5.74) is 3.24. The maximum absolute atomic E-state index is 12.2. The van der Waals surface area contributed by atoms with Crippen LogP contribution in [0.1, 0.15) is 27.9 Å². The van der Waals surface area contributed by atoms with Crippen molar-refractivity contribution >= 4 is 17.4 Å². The smallest absolute Gasteiger partial charge is 0.252 e. The van der Waals surface area contributed by atoms with Crippen LogP contribution >= 0.6 is 0 Å². The summed E-state index contributed by atoms with van der Waals surface area (Å²) >= 11 is 0. The van der Waals surface area contributed by atoms with E-state index in [4.69, 9.17) is 5.26 Å². The summed E-state index contributed by atoms with van der Waals surface area (Å²) in [7, 11) is 0. The van der Waals surface area contributed by atoms with Crippen molar-refractivity contribution in [3.63, 3.8) is 0 Å². The number of anilines is 2. The van der Waals surface area contributed by atoms with E-state index in [1.54, 1.807) is 30.5 Å². The number of nitriles is 1. The average molecular weight is 356 g/mol. The van der Waals surface area contributed by atoms with Crippen molar-refractivity contribution in [2.24, 2.45) is 0 Å². The fraction of sp³-hybridized carbons (Fsp3) is 0.136. The first-order chi connectivity index (χ1) is 13.2. The van der Waals surface area contributed by atoms with E-state index in [9.17, 15) is 4.79 Å². The number of carbonyl (C=O) groups excluding carboxylic acids is 1. The zero-order chi connectivity index (χ0) is 18.9. The molecule has 0 fully saturated rings. The number of benzene rings is 2. The van der Waals surface area contributed by atoms with E-state index in [1.165, 1.54) is 5.56 Å². The molecule has 2 N–H and O–H groups in total. The van der Waals surface area contributed by atoms with E-state index in [1.807, 2.05) is 30.3 Å². The van der Waals surface area contributed by atoms with E-state index in [0.717, 1.165) is 18.5 Å². The standard InChI is InChI=1S/C22H20N4O/c23-15-18-8-11-20(12-9-18)26-21-13-10-19(16-25-21)22(27)24-14-4-7-17-5-2-1-3-6-17/h1-3,5-6,8-13,16H,4,7,14H2,(H,24,27)(H,25,26). The van der Waals surface area contributed by atoms with Gasteiger partial charge in [-0.2, -0.15) is 5.26 Å². The number of hydrogen-bond acceptors (Lipinski definition) is 4. The summed E-state index contributed by atoms with van der Waals surface area (Å²) in [6.07, 6.45) is 3.38. The molecule has 134 valence electrons. The molecule has 5 nitrogen and oxygen atoms in total. The normalized spacial score (nSPS) is 10.0. The highest BCUT2D eigenvalue weighted by atomic mass is 16.1. The van der Waals surface area contributed by atoms with Gasteiger partial charge in [-0.25, -0.2) is 4.98 Å². The van der Waals surface area contributed by atoms with Crippen LogP contribution in [0.5, 0.6) is 0 Å². The van der Waals surface area contributed by atoms with Crippen LogP contribution in [0, 0.1) is 11.3 Å². The Morgan fingerprint density at radius 1 is 1.00 bits per heavy atom. The van der Waals surface area contributed by atoms with Gasteiger partial charge in [0.15, 0.2) is 0 Å². The van der Waals surface area contributed by atoms with Gasteiger partial charge in [0.2, 0.25) is 0 Å². The molecule has 0 bridgehead atoms. The van der Waals surface area contributed by atoms with Gasteiger partial charge in [0.1, 0.15) is 5.82 Å². The summed E-state index contributed by atoms with van der Waals surface area (Å²) < 4.78 is 0. The Morgan fingerprint density at radius 3 is 2.44 bits per heavy atom.